The van der Waals surface area contributed by atoms with E-state index in [0.717, 1.165) is 35.2 Å². The average molecular weight is 325 g/mol. The predicted molar refractivity (Wildman–Crippen MR) is 85.7 cm³/mol. The van der Waals surface area contributed by atoms with Gasteiger partial charge in [-0.3, -0.25) is 14.9 Å². The first kappa shape index (κ1) is 14.6. The van der Waals surface area contributed by atoms with Crippen LogP contribution in [0.4, 0.5) is 11.6 Å². The number of benzene rings is 1. The zero-order chi connectivity index (χ0) is 16.8. The van der Waals surface area contributed by atoms with E-state index in [1.165, 1.54) is 12.1 Å². The molecule has 1 aromatic carbocycles. The number of nitro benzene ring substituents is 1. The van der Waals surface area contributed by atoms with E-state index in [2.05, 4.69) is 10.5 Å². The van der Waals surface area contributed by atoms with Crippen molar-refractivity contribution in [3.63, 3.8) is 0 Å². The van der Waals surface area contributed by atoms with E-state index in [-0.39, 0.29) is 17.4 Å². The molecule has 0 amide bonds. The second-order valence-electron chi connectivity index (χ2n) is 6.09. The smallest absolute Gasteiger partial charge is 0.269 e. The van der Waals surface area contributed by atoms with Crippen molar-refractivity contribution in [2.45, 2.75) is 32.1 Å². The number of non-ortho nitro benzene ring substituents is 1. The van der Waals surface area contributed by atoms with Crippen molar-refractivity contribution in [3.8, 4) is 0 Å². The molecule has 4 rings (SSSR count). The largest absolute Gasteiger partial charge is 0.338 e. The summed E-state index contributed by atoms with van der Waals surface area (Å²) in [4.78, 5) is 23.0. The Bertz CT molecular complexity index is 880. The van der Waals surface area contributed by atoms with Gasteiger partial charge in [-0.25, -0.2) is 0 Å². The number of aryl methyl sites for hydroxylation is 1. The van der Waals surface area contributed by atoms with E-state index in [0.29, 0.717) is 18.0 Å². The minimum Gasteiger partial charge on any atom is -0.338 e. The Morgan fingerprint density at radius 2 is 2.04 bits per heavy atom. The molecule has 7 nitrogen and oxygen atoms in total. The van der Waals surface area contributed by atoms with Crippen molar-refractivity contribution in [1.82, 2.24) is 5.16 Å². The van der Waals surface area contributed by atoms with Gasteiger partial charge in [0.15, 0.2) is 5.78 Å². The number of fused-ring (bicyclic) bond motifs is 1. The molecule has 0 saturated heterocycles. The fourth-order valence-electron chi connectivity index (χ4n) is 3.54. The fraction of sp³-hybridized carbons (Fsp3) is 0.294. The Morgan fingerprint density at radius 1 is 1.29 bits per heavy atom. The number of Topliss-reactive ketones (excluding diaryl/α,β-unsaturated/α-hetero) is 1. The Balaban J connectivity index is 1.89. The highest BCUT2D eigenvalue weighted by molar-refractivity contribution is 6.00. The molecule has 0 fully saturated rings. The summed E-state index contributed by atoms with van der Waals surface area (Å²) in [6.45, 7) is 1.83. The van der Waals surface area contributed by atoms with Crippen LogP contribution in [0.15, 0.2) is 40.1 Å². The molecule has 1 aliphatic carbocycles. The lowest BCUT2D eigenvalue weighted by molar-refractivity contribution is -0.384. The molecule has 1 N–H and O–H groups in total. The summed E-state index contributed by atoms with van der Waals surface area (Å²) >= 11 is 0. The number of nitro groups is 1. The van der Waals surface area contributed by atoms with Gasteiger partial charge in [-0.15, -0.1) is 0 Å². The van der Waals surface area contributed by atoms with Gasteiger partial charge in [-0.2, -0.15) is 0 Å². The standard InChI is InChI=1S/C17H15N3O4/c1-9-14-15(10-5-7-11(8-6-10)20(22)23)16-12(3-2-4-13(16)21)18-17(14)24-19-9/h5-8,15,18H,2-4H2,1H3. The van der Waals surface area contributed by atoms with Crippen molar-refractivity contribution in [2.24, 2.45) is 0 Å². The van der Waals surface area contributed by atoms with Gasteiger partial charge in [0, 0.05) is 35.7 Å². The first-order valence-corrected chi connectivity index (χ1v) is 7.80. The summed E-state index contributed by atoms with van der Waals surface area (Å²) in [6.07, 6.45) is 2.10. The van der Waals surface area contributed by atoms with Crippen molar-refractivity contribution in [3.05, 3.63) is 62.5 Å². The summed E-state index contributed by atoms with van der Waals surface area (Å²) < 4.78 is 5.37. The molecule has 1 aliphatic heterocycles. The normalized spacial score (nSPS) is 19.5. The molecule has 122 valence electrons. The quantitative estimate of drug-likeness (QED) is 0.670. The molecular weight excluding hydrogens is 310 g/mol. The van der Waals surface area contributed by atoms with E-state index in [4.69, 9.17) is 4.52 Å². The summed E-state index contributed by atoms with van der Waals surface area (Å²) in [7, 11) is 0. The predicted octanol–water partition coefficient (Wildman–Crippen LogP) is 3.46. The summed E-state index contributed by atoms with van der Waals surface area (Å²) in [5.74, 6) is 0.374. The molecule has 0 spiro atoms. The van der Waals surface area contributed by atoms with E-state index in [9.17, 15) is 14.9 Å². The number of allylic oxidation sites excluding steroid dienone is 2. The summed E-state index contributed by atoms with van der Waals surface area (Å²) in [5, 5.41) is 18.1. The number of nitrogens with one attached hydrogen (secondary N) is 1. The maximum absolute atomic E-state index is 12.6. The minimum atomic E-state index is -0.432. The lowest BCUT2D eigenvalue weighted by Gasteiger charge is -2.31. The van der Waals surface area contributed by atoms with E-state index in [1.54, 1.807) is 12.1 Å². The lowest BCUT2D eigenvalue weighted by Crippen LogP contribution is -2.26. The molecule has 1 atom stereocenters. The third kappa shape index (κ3) is 2.12. The van der Waals surface area contributed by atoms with Gasteiger partial charge in [0.25, 0.3) is 5.69 Å². The molecule has 2 aromatic rings. The molecular formula is C17H15N3O4. The number of rotatable bonds is 2. The maximum atomic E-state index is 12.6. The van der Waals surface area contributed by atoms with E-state index < -0.39 is 4.92 Å². The van der Waals surface area contributed by atoms with E-state index in [1.807, 2.05) is 6.92 Å². The second-order valence-corrected chi connectivity index (χ2v) is 6.09. The number of hydrogen-bond acceptors (Lipinski definition) is 6. The van der Waals surface area contributed by atoms with Crippen molar-refractivity contribution in [1.29, 1.82) is 0 Å². The van der Waals surface area contributed by atoms with Crippen LogP contribution in [-0.2, 0) is 4.79 Å². The number of nitrogens with zero attached hydrogens (tertiary/aromatic N) is 2. The number of carbonyl (C=O) groups is 1. The fourth-order valence-corrected chi connectivity index (χ4v) is 3.54. The van der Waals surface area contributed by atoms with Gasteiger partial charge in [-0.05, 0) is 25.3 Å². The number of hydrogen-bond donors (Lipinski definition) is 1. The van der Waals surface area contributed by atoms with Crippen LogP contribution in [0, 0.1) is 17.0 Å². The Labute approximate surface area is 137 Å². The van der Waals surface area contributed by atoms with Crippen LogP contribution in [0.2, 0.25) is 0 Å². The summed E-state index contributed by atoms with van der Waals surface area (Å²) in [5.41, 5.74) is 4.01. The Hall–Kier alpha value is -2.96. The molecule has 2 aliphatic rings. The maximum Gasteiger partial charge on any atom is 0.269 e. The molecule has 1 aromatic heterocycles. The highest BCUT2D eigenvalue weighted by atomic mass is 16.6. The van der Waals surface area contributed by atoms with Gasteiger partial charge in [0.2, 0.25) is 5.88 Å². The van der Waals surface area contributed by atoms with E-state index >= 15 is 0 Å². The molecule has 0 radical (unpaired) electrons. The molecule has 0 bridgehead atoms. The first-order valence-electron chi connectivity index (χ1n) is 7.80. The SMILES string of the molecule is Cc1noc2c1C(c1ccc([N+](=O)[O-])cc1)C1=C(CCCC1=O)N2. The van der Waals surface area contributed by atoms with Crippen LogP contribution < -0.4 is 5.32 Å². The molecule has 24 heavy (non-hydrogen) atoms. The van der Waals surface area contributed by atoms with Gasteiger partial charge in [0.05, 0.1) is 16.2 Å². The highest BCUT2D eigenvalue weighted by Crippen LogP contribution is 2.46. The van der Waals surface area contributed by atoms with Crippen LogP contribution in [0.25, 0.3) is 0 Å². The highest BCUT2D eigenvalue weighted by Gasteiger charge is 2.38. The first-order chi connectivity index (χ1) is 11.6. The molecule has 0 saturated carbocycles. The lowest BCUT2D eigenvalue weighted by atomic mass is 9.76. The van der Waals surface area contributed by atoms with Gasteiger partial charge < -0.3 is 9.84 Å². The Kier molecular flexibility index (Phi) is 3.23. The second kappa shape index (κ2) is 5.30. The number of anilines is 1. The number of carbonyl (C=O) groups excluding carboxylic acids is 1. The van der Waals surface area contributed by atoms with Crippen LogP contribution >= 0.6 is 0 Å². The Morgan fingerprint density at radius 3 is 2.75 bits per heavy atom. The summed E-state index contributed by atoms with van der Waals surface area (Å²) in [6, 6.07) is 6.34. The monoisotopic (exact) mass is 325 g/mol. The van der Waals surface area contributed by atoms with Crippen molar-refractivity contribution >= 4 is 17.4 Å². The van der Waals surface area contributed by atoms with Crippen LogP contribution in [-0.4, -0.2) is 15.9 Å². The molecule has 2 heterocycles. The number of ketones is 1. The van der Waals surface area contributed by atoms with Crippen LogP contribution in [0.1, 0.15) is 42.0 Å². The average Bonchev–Trinajstić information content (AvgIpc) is 2.94. The molecule has 7 heteroatoms. The zero-order valence-electron chi connectivity index (χ0n) is 13.0. The zero-order valence-corrected chi connectivity index (χ0v) is 13.0. The van der Waals surface area contributed by atoms with Gasteiger partial charge in [-0.1, -0.05) is 17.3 Å². The van der Waals surface area contributed by atoms with Crippen LogP contribution in [0.5, 0.6) is 0 Å². The molecule has 1 unspecified atom stereocenters. The van der Waals surface area contributed by atoms with Gasteiger partial charge in [0.1, 0.15) is 0 Å². The topological polar surface area (TPSA) is 98.3 Å². The minimum absolute atomic E-state index is 0.0270. The van der Waals surface area contributed by atoms with Crippen molar-refractivity contribution in [2.75, 3.05) is 5.32 Å². The third-order valence-corrected chi connectivity index (χ3v) is 4.64. The number of aromatic nitrogens is 1. The van der Waals surface area contributed by atoms with Gasteiger partial charge >= 0.3 is 0 Å². The van der Waals surface area contributed by atoms with Crippen LogP contribution in [0.3, 0.4) is 0 Å². The van der Waals surface area contributed by atoms with Crippen molar-refractivity contribution < 1.29 is 14.2 Å². The third-order valence-electron chi connectivity index (χ3n) is 4.64.